The van der Waals surface area contributed by atoms with Gasteiger partial charge in [-0.25, -0.2) is 0 Å². The molecule has 1 aromatic rings. The average Bonchev–Trinajstić information content (AvgIpc) is 2.94. The van der Waals surface area contributed by atoms with Crippen LogP contribution in [0.3, 0.4) is 0 Å². The van der Waals surface area contributed by atoms with Crippen molar-refractivity contribution >= 4 is 27.3 Å². The summed E-state index contributed by atoms with van der Waals surface area (Å²) < 4.78 is 1.26. The molecule has 0 amide bonds. The van der Waals surface area contributed by atoms with Crippen LogP contribution in [0.25, 0.3) is 0 Å². The number of hydrogen-bond acceptors (Lipinski definition) is 2. The van der Waals surface area contributed by atoms with Crippen molar-refractivity contribution in [3.05, 3.63) is 20.8 Å². The van der Waals surface area contributed by atoms with E-state index in [0.717, 1.165) is 11.8 Å². The third-order valence-corrected chi connectivity index (χ3v) is 5.08. The van der Waals surface area contributed by atoms with Crippen molar-refractivity contribution in [2.45, 2.75) is 25.8 Å². The normalized spacial score (nSPS) is 20.8. The highest BCUT2D eigenvalue weighted by atomic mass is 79.9. The summed E-state index contributed by atoms with van der Waals surface area (Å²) in [4.78, 5) is 1.45. The van der Waals surface area contributed by atoms with E-state index in [2.05, 4.69) is 46.7 Å². The predicted octanol–water partition coefficient (Wildman–Crippen LogP) is 3.82. The zero-order valence-electron chi connectivity index (χ0n) is 8.59. The summed E-state index contributed by atoms with van der Waals surface area (Å²) in [5, 5.41) is 5.60. The van der Waals surface area contributed by atoms with E-state index < -0.39 is 0 Å². The molecule has 2 atom stereocenters. The highest BCUT2D eigenvalue weighted by Gasteiger charge is 2.34. The maximum Gasteiger partial charge on any atom is 0.0452 e. The van der Waals surface area contributed by atoms with E-state index in [0.29, 0.717) is 6.04 Å². The van der Waals surface area contributed by atoms with Gasteiger partial charge >= 0.3 is 0 Å². The third kappa shape index (κ3) is 2.05. The first kappa shape index (κ1) is 10.7. The van der Waals surface area contributed by atoms with E-state index in [4.69, 9.17) is 0 Å². The van der Waals surface area contributed by atoms with Gasteiger partial charge in [0.1, 0.15) is 0 Å². The number of halogens is 1. The zero-order valence-corrected chi connectivity index (χ0v) is 11.0. The van der Waals surface area contributed by atoms with Gasteiger partial charge in [-0.05, 0) is 59.1 Å². The smallest absolute Gasteiger partial charge is 0.0452 e. The lowest BCUT2D eigenvalue weighted by Crippen LogP contribution is -2.24. The van der Waals surface area contributed by atoms with Gasteiger partial charge in [0.15, 0.2) is 0 Å². The second-order valence-electron chi connectivity index (χ2n) is 4.10. The van der Waals surface area contributed by atoms with E-state index in [1.54, 1.807) is 0 Å². The first-order valence-electron chi connectivity index (χ1n) is 5.14. The predicted molar refractivity (Wildman–Crippen MR) is 65.7 cm³/mol. The Morgan fingerprint density at radius 1 is 1.57 bits per heavy atom. The van der Waals surface area contributed by atoms with Crippen LogP contribution in [0.5, 0.6) is 0 Å². The zero-order chi connectivity index (χ0) is 10.1. The molecule has 0 aromatic carbocycles. The molecule has 14 heavy (non-hydrogen) atoms. The van der Waals surface area contributed by atoms with Gasteiger partial charge in [0.05, 0.1) is 0 Å². The van der Waals surface area contributed by atoms with E-state index >= 15 is 0 Å². The summed E-state index contributed by atoms with van der Waals surface area (Å²) in [5.74, 6) is 1.70. The van der Waals surface area contributed by atoms with Crippen molar-refractivity contribution in [1.29, 1.82) is 0 Å². The van der Waals surface area contributed by atoms with Crippen LogP contribution >= 0.6 is 27.3 Å². The molecule has 1 fully saturated rings. The van der Waals surface area contributed by atoms with Gasteiger partial charge in [-0.2, -0.15) is 0 Å². The standard InChI is InChI=1S/C11H16BrNS/c1-7(8-3-4-8)10(13-2)11-9(12)5-6-14-11/h5-8,10,13H,3-4H2,1-2H3. The summed E-state index contributed by atoms with van der Waals surface area (Å²) in [7, 11) is 2.07. The number of nitrogens with one attached hydrogen (secondary N) is 1. The van der Waals surface area contributed by atoms with Crippen molar-refractivity contribution in [3.63, 3.8) is 0 Å². The van der Waals surface area contributed by atoms with Crippen molar-refractivity contribution in [2.24, 2.45) is 11.8 Å². The fourth-order valence-electron chi connectivity index (χ4n) is 2.05. The summed E-state index contributed by atoms with van der Waals surface area (Å²) in [6.07, 6.45) is 2.84. The molecule has 0 radical (unpaired) electrons. The van der Waals surface area contributed by atoms with Crippen molar-refractivity contribution < 1.29 is 0 Å². The molecular weight excluding hydrogens is 258 g/mol. The first-order chi connectivity index (χ1) is 6.74. The Labute approximate surface area is 98.0 Å². The van der Waals surface area contributed by atoms with E-state index in [1.807, 2.05) is 11.3 Å². The highest BCUT2D eigenvalue weighted by molar-refractivity contribution is 9.10. The summed E-state index contributed by atoms with van der Waals surface area (Å²) in [5.41, 5.74) is 0. The minimum atomic E-state index is 0.525. The van der Waals surface area contributed by atoms with Gasteiger partial charge in [0, 0.05) is 15.4 Å². The minimum Gasteiger partial charge on any atom is -0.312 e. The van der Waals surface area contributed by atoms with Crippen molar-refractivity contribution in [1.82, 2.24) is 5.32 Å². The Bertz CT molecular complexity index is 306. The highest BCUT2D eigenvalue weighted by Crippen LogP contribution is 2.44. The minimum absolute atomic E-state index is 0.525. The van der Waals surface area contributed by atoms with Gasteiger partial charge in [0.2, 0.25) is 0 Å². The van der Waals surface area contributed by atoms with Crippen LogP contribution in [0.4, 0.5) is 0 Å². The van der Waals surface area contributed by atoms with Crippen LogP contribution in [0.1, 0.15) is 30.7 Å². The van der Waals surface area contributed by atoms with Gasteiger partial charge < -0.3 is 5.32 Å². The van der Waals surface area contributed by atoms with E-state index in [1.165, 1.54) is 22.2 Å². The maximum atomic E-state index is 3.62. The fourth-order valence-corrected chi connectivity index (χ4v) is 3.90. The molecule has 1 heterocycles. The Morgan fingerprint density at radius 2 is 2.29 bits per heavy atom. The molecule has 1 aliphatic rings. The van der Waals surface area contributed by atoms with E-state index in [9.17, 15) is 0 Å². The SMILES string of the molecule is CNC(c1sccc1Br)C(C)C1CC1. The molecule has 1 saturated carbocycles. The molecule has 3 heteroatoms. The Balaban J connectivity index is 2.16. The molecule has 0 spiro atoms. The summed E-state index contributed by atoms with van der Waals surface area (Å²) >= 11 is 5.46. The second kappa shape index (κ2) is 4.33. The lowest BCUT2D eigenvalue weighted by Gasteiger charge is -2.22. The van der Waals surface area contributed by atoms with Gasteiger partial charge in [-0.15, -0.1) is 11.3 Å². The lowest BCUT2D eigenvalue weighted by molar-refractivity contribution is 0.373. The molecule has 1 nitrogen and oxygen atoms in total. The molecule has 0 aliphatic heterocycles. The van der Waals surface area contributed by atoms with Crippen molar-refractivity contribution in [3.8, 4) is 0 Å². The molecule has 2 unspecified atom stereocenters. The van der Waals surface area contributed by atoms with Crippen LogP contribution in [-0.2, 0) is 0 Å². The Kier molecular flexibility index (Phi) is 3.30. The van der Waals surface area contributed by atoms with Gasteiger partial charge in [0.25, 0.3) is 0 Å². The topological polar surface area (TPSA) is 12.0 Å². The molecule has 78 valence electrons. The lowest BCUT2D eigenvalue weighted by atomic mass is 9.95. The van der Waals surface area contributed by atoms with Crippen LogP contribution in [0.2, 0.25) is 0 Å². The Hall–Kier alpha value is 0.140. The number of thiophene rings is 1. The monoisotopic (exact) mass is 273 g/mol. The van der Waals surface area contributed by atoms with Crippen LogP contribution in [0.15, 0.2) is 15.9 Å². The van der Waals surface area contributed by atoms with Crippen LogP contribution in [-0.4, -0.2) is 7.05 Å². The molecule has 1 aliphatic carbocycles. The molecule has 1 N–H and O–H groups in total. The number of hydrogen-bond donors (Lipinski definition) is 1. The second-order valence-corrected chi connectivity index (χ2v) is 5.90. The average molecular weight is 274 g/mol. The quantitative estimate of drug-likeness (QED) is 0.880. The molecular formula is C11H16BrNS. The molecule has 1 aromatic heterocycles. The van der Waals surface area contributed by atoms with Gasteiger partial charge in [-0.3, -0.25) is 0 Å². The Morgan fingerprint density at radius 3 is 2.71 bits per heavy atom. The van der Waals surface area contributed by atoms with Crippen molar-refractivity contribution in [2.75, 3.05) is 7.05 Å². The largest absolute Gasteiger partial charge is 0.312 e. The molecule has 2 rings (SSSR count). The van der Waals surface area contributed by atoms with Crippen LogP contribution < -0.4 is 5.32 Å². The van der Waals surface area contributed by atoms with E-state index in [-0.39, 0.29) is 0 Å². The maximum absolute atomic E-state index is 3.62. The number of rotatable bonds is 4. The fraction of sp³-hybridized carbons (Fsp3) is 0.636. The molecule has 0 saturated heterocycles. The third-order valence-electron chi connectivity index (χ3n) is 3.13. The summed E-state index contributed by atoms with van der Waals surface area (Å²) in [6.45, 7) is 2.37. The summed E-state index contributed by atoms with van der Waals surface area (Å²) in [6, 6.07) is 2.67. The van der Waals surface area contributed by atoms with Crippen LogP contribution in [0, 0.1) is 11.8 Å². The first-order valence-corrected chi connectivity index (χ1v) is 6.81. The molecule has 0 bridgehead atoms. The van der Waals surface area contributed by atoms with Gasteiger partial charge in [-0.1, -0.05) is 6.92 Å².